The molecule has 0 saturated heterocycles. The minimum absolute atomic E-state index is 0.316. The van der Waals surface area contributed by atoms with Crippen LogP contribution in [0.1, 0.15) is 25.3 Å². The molecule has 2 heterocycles. The third-order valence-corrected chi connectivity index (χ3v) is 3.83. The van der Waals surface area contributed by atoms with Gasteiger partial charge in [0.15, 0.2) is 0 Å². The van der Waals surface area contributed by atoms with Crippen LogP contribution in [0, 0.1) is 0 Å². The minimum atomic E-state index is 0.316. The van der Waals surface area contributed by atoms with Gasteiger partial charge in [0.05, 0.1) is 6.20 Å². The first-order valence-electron chi connectivity index (χ1n) is 7.09. The van der Waals surface area contributed by atoms with Crippen molar-refractivity contribution in [1.82, 2.24) is 4.98 Å². The summed E-state index contributed by atoms with van der Waals surface area (Å²) in [5.74, 6) is 0.956. The summed E-state index contributed by atoms with van der Waals surface area (Å²) in [5, 5.41) is 2.29. The maximum absolute atomic E-state index is 6.11. The zero-order chi connectivity index (χ0) is 14.4. The van der Waals surface area contributed by atoms with Crippen molar-refractivity contribution in [2.75, 3.05) is 0 Å². The molecule has 4 rings (SSSR count). The van der Waals surface area contributed by atoms with Gasteiger partial charge < -0.3 is 8.83 Å². The number of fused-ring (bicyclic) bond motifs is 3. The van der Waals surface area contributed by atoms with Crippen LogP contribution < -0.4 is 0 Å². The lowest BCUT2D eigenvalue weighted by Gasteiger charge is -2.10. The van der Waals surface area contributed by atoms with E-state index in [-0.39, 0.29) is 0 Å². The van der Waals surface area contributed by atoms with Crippen LogP contribution in [0.2, 0.25) is 0 Å². The lowest BCUT2D eigenvalue weighted by atomic mass is 9.94. The Labute approximate surface area is 122 Å². The summed E-state index contributed by atoms with van der Waals surface area (Å²) >= 11 is 0. The van der Waals surface area contributed by atoms with Gasteiger partial charge >= 0.3 is 0 Å². The Hall–Kier alpha value is -2.55. The molecule has 0 fully saturated rings. The van der Waals surface area contributed by atoms with Crippen LogP contribution in [0.5, 0.6) is 0 Å². The molecule has 0 unspecified atom stereocenters. The molecule has 104 valence electrons. The Morgan fingerprint density at radius 3 is 2.62 bits per heavy atom. The average molecular weight is 277 g/mol. The predicted octanol–water partition coefficient (Wildman–Crippen LogP) is 5.36. The van der Waals surface area contributed by atoms with E-state index in [1.807, 2.05) is 18.2 Å². The second kappa shape index (κ2) is 4.48. The fourth-order valence-electron chi connectivity index (χ4n) is 2.93. The maximum atomic E-state index is 6.11. The summed E-state index contributed by atoms with van der Waals surface area (Å²) in [6.45, 7) is 4.32. The number of benzene rings is 2. The second-order valence-corrected chi connectivity index (χ2v) is 5.49. The van der Waals surface area contributed by atoms with Gasteiger partial charge in [0.2, 0.25) is 5.89 Å². The molecule has 4 aromatic rings. The van der Waals surface area contributed by atoms with Gasteiger partial charge in [-0.1, -0.05) is 32.0 Å². The highest BCUT2D eigenvalue weighted by Crippen LogP contribution is 2.39. The van der Waals surface area contributed by atoms with E-state index < -0.39 is 0 Å². The fraction of sp³-hybridized carbons (Fsp3) is 0.167. The fourth-order valence-corrected chi connectivity index (χ4v) is 2.93. The summed E-state index contributed by atoms with van der Waals surface area (Å²) in [7, 11) is 0. The van der Waals surface area contributed by atoms with E-state index >= 15 is 0 Å². The molecule has 0 saturated carbocycles. The normalized spacial score (nSPS) is 11.8. The molecule has 0 N–H and O–H groups in total. The molecule has 0 spiro atoms. The molecule has 0 aliphatic heterocycles. The Kier molecular flexibility index (Phi) is 2.61. The number of hydrogen-bond donors (Lipinski definition) is 0. The number of aromatic nitrogens is 1. The van der Waals surface area contributed by atoms with Gasteiger partial charge in [0.25, 0.3) is 0 Å². The summed E-state index contributed by atoms with van der Waals surface area (Å²) in [6, 6.07) is 12.3. The molecular formula is C18H15NO2. The summed E-state index contributed by atoms with van der Waals surface area (Å²) in [6.07, 6.45) is 3.27. The highest BCUT2D eigenvalue weighted by molar-refractivity contribution is 6.07. The van der Waals surface area contributed by atoms with E-state index in [9.17, 15) is 0 Å². The lowest BCUT2D eigenvalue weighted by molar-refractivity contribution is 0.572. The van der Waals surface area contributed by atoms with Crippen LogP contribution in [-0.4, -0.2) is 4.98 Å². The van der Waals surface area contributed by atoms with Crippen LogP contribution in [0.25, 0.3) is 33.4 Å². The van der Waals surface area contributed by atoms with Crippen molar-refractivity contribution in [2.24, 2.45) is 0 Å². The second-order valence-electron chi connectivity index (χ2n) is 5.49. The van der Waals surface area contributed by atoms with Gasteiger partial charge in [-0.05, 0) is 24.1 Å². The molecular weight excluding hydrogens is 262 g/mol. The SMILES string of the molecule is CC(C)c1c(-c2ncco2)ccc2c1oc1ccccc12. The number of nitrogens with zero attached hydrogens (tertiary/aromatic N) is 1. The molecule has 0 aliphatic carbocycles. The Morgan fingerprint density at radius 2 is 1.86 bits per heavy atom. The van der Waals surface area contributed by atoms with Crippen molar-refractivity contribution in [3.63, 3.8) is 0 Å². The first kappa shape index (κ1) is 12.2. The van der Waals surface area contributed by atoms with Gasteiger partial charge in [-0.25, -0.2) is 4.98 Å². The van der Waals surface area contributed by atoms with Gasteiger partial charge in [-0.2, -0.15) is 0 Å². The zero-order valence-corrected chi connectivity index (χ0v) is 12.0. The first-order valence-corrected chi connectivity index (χ1v) is 7.09. The Morgan fingerprint density at radius 1 is 1.00 bits per heavy atom. The molecule has 2 aromatic heterocycles. The zero-order valence-electron chi connectivity index (χ0n) is 12.0. The third-order valence-electron chi connectivity index (χ3n) is 3.83. The topological polar surface area (TPSA) is 39.2 Å². The number of oxazole rings is 1. The van der Waals surface area contributed by atoms with Crippen molar-refractivity contribution in [1.29, 1.82) is 0 Å². The summed E-state index contributed by atoms with van der Waals surface area (Å²) in [4.78, 5) is 4.28. The van der Waals surface area contributed by atoms with Gasteiger partial charge in [0.1, 0.15) is 17.4 Å². The van der Waals surface area contributed by atoms with Gasteiger partial charge in [-0.15, -0.1) is 0 Å². The van der Waals surface area contributed by atoms with Gasteiger partial charge in [-0.3, -0.25) is 0 Å². The molecule has 21 heavy (non-hydrogen) atoms. The van der Waals surface area contributed by atoms with Crippen molar-refractivity contribution >= 4 is 21.9 Å². The number of hydrogen-bond acceptors (Lipinski definition) is 3. The minimum Gasteiger partial charge on any atom is -0.456 e. The first-order chi connectivity index (χ1) is 10.3. The Bertz CT molecular complexity index is 917. The van der Waals surface area contributed by atoms with E-state index in [4.69, 9.17) is 8.83 Å². The standard InChI is InChI=1S/C18H15NO2/c1-11(2)16-14(18-19-9-10-20-18)8-7-13-12-5-3-4-6-15(12)21-17(13)16/h3-11H,1-2H3. The van der Waals surface area contributed by atoms with Crippen LogP contribution in [-0.2, 0) is 0 Å². The third kappa shape index (κ3) is 1.77. The van der Waals surface area contributed by atoms with Crippen LogP contribution >= 0.6 is 0 Å². The van der Waals surface area contributed by atoms with E-state index in [0.717, 1.165) is 33.1 Å². The molecule has 0 radical (unpaired) electrons. The predicted molar refractivity (Wildman–Crippen MR) is 83.3 cm³/mol. The van der Waals surface area contributed by atoms with Crippen LogP contribution in [0.15, 0.2) is 57.7 Å². The largest absolute Gasteiger partial charge is 0.456 e. The van der Waals surface area contributed by atoms with E-state index in [1.165, 1.54) is 0 Å². The van der Waals surface area contributed by atoms with Crippen molar-refractivity contribution in [3.05, 3.63) is 54.4 Å². The molecule has 0 bridgehead atoms. The van der Waals surface area contributed by atoms with E-state index in [2.05, 4.69) is 37.0 Å². The monoisotopic (exact) mass is 277 g/mol. The highest BCUT2D eigenvalue weighted by atomic mass is 16.3. The smallest absolute Gasteiger partial charge is 0.226 e. The van der Waals surface area contributed by atoms with Crippen LogP contribution in [0.4, 0.5) is 0 Å². The maximum Gasteiger partial charge on any atom is 0.226 e. The highest BCUT2D eigenvalue weighted by Gasteiger charge is 2.19. The molecule has 3 nitrogen and oxygen atoms in total. The quantitative estimate of drug-likeness (QED) is 0.495. The van der Waals surface area contributed by atoms with Crippen molar-refractivity contribution < 1.29 is 8.83 Å². The molecule has 0 aliphatic rings. The summed E-state index contributed by atoms with van der Waals surface area (Å²) < 4.78 is 11.6. The average Bonchev–Trinajstić information content (AvgIpc) is 3.13. The van der Waals surface area contributed by atoms with Crippen LogP contribution in [0.3, 0.4) is 0 Å². The number of rotatable bonds is 2. The molecule has 0 atom stereocenters. The summed E-state index contributed by atoms with van der Waals surface area (Å²) in [5.41, 5.74) is 3.99. The molecule has 3 heteroatoms. The Balaban J connectivity index is 2.13. The van der Waals surface area contributed by atoms with E-state index in [0.29, 0.717) is 11.8 Å². The lowest BCUT2D eigenvalue weighted by Crippen LogP contribution is -1.93. The van der Waals surface area contributed by atoms with Gasteiger partial charge in [0, 0.05) is 21.9 Å². The molecule has 2 aromatic carbocycles. The van der Waals surface area contributed by atoms with Crippen molar-refractivity contribution in [3.8, 4) is 11.5 Å². The molecule has 0 amide bonds. The number of furan rings is 1. The van der Waals surface area contributed by atoms with Crippen molar-refractivity contribution in [2.45, 2.75) is 19.8 Å². The van der Waals surface area contributed by atoms with E-state index in [1.54, 1.807) is 12.5 Å². The number of para-hydroxylation sites is 1.